The number of nitro benzene ring substituents is 1. The molecule has 0 radical (unpaired) electrons. The number of esters is 1. The van der Waals surface area contributed by atoms with E-state index in [4.69, 9.17) is 4.74 Å². The summed E-state index contributed by atoms with van der Waals surface area (Å²) in [4.78, 5) is 64.4. The number of hydrogen-bond donors (Lipinski definition) is 0. The first-order valence-corrected chi connectivity index (χ1v) is 12.0. The van der Waals surface area contributed by atoms with E-state index in [2.05, 4.69) is 0 Å². The zero-order chi connectivity index (χ0) is 26.4. The van der Waals surface area contributed by atoms with Crippen molar-refractivity contribution in [3.63, 3.8) is 0 Å². The monoisotopic (exact) mass is 503 g/mol. The average Bonchev–Trinajstić information content (AvgIpc) is 3.37. The number of nitro groups is 1. The third-order valence-corrected chi connectivity index (χ3v) is 7.28. The minimum absolute atomic E-state index is 0.0418. The number of benzene rings is 2. The van der Waals surface area contributed by atoms with E-state index in [0.29, 0.717) is 29.8 Å². The highest BCUT2D eigenvalue weighted by atomic mass is 16.6. The van der Waals surface area contributed by atoms with Gasteiger partial charge < -0.3 is 9.64 Å². The maximum Gasteiger partial charge on any atom is 0.316 e. The van der Waals surface area contributed by atoms with Gasteiger partial charge in [-0.25, -0.2) is 4.90 Å². The lowest BCUT2D eigenvalue weighted by Crippen LogP contribution is -2.31. The van der Waals surface area contributed by atoms with Crippen molar-refractivity contribution in [2.45, 2.75) is 33.1 Å². The summed E-state index contributed by atoms with van der Waals surface area (Å²) in [5.74, 6) is -2.40. The Labute approximate surface area is 212 Å². The van der Waals surface area contributed by atoms with E-state index < -0.39 is 16.8 Å². The summed E-state index contributed by atoms with van der Waals surface area (Å²) < 4.78 is 5.54. The number of allylic oxidation sites excluding steroid dienone is 2. The van der Waals surface area contributed by atoms with E-state index in [1.54, 1.807) is 19.1 Å². The summed E-state index contributed by atoms with van der Waals surface area (Å²) in [5.41, 5.74) is 2.58. The molecule has 0 spiro atoms. The van der Waals surface area contributed by atoms with E-state index in [1.165, 1.54) is 40.1 Å². The van der Waals surface area contributed by atoms with Gasteiger partial charge in [0.2, 0.25) is 17.7 Å². The standard InChI is InChI=1S/C27H25N3O7/c1-15-3-9-21-22(11-15)26(33)29(25(21)32)23-10-8-20(12-16(23)2)37-27(34)17-13-24(31)28(14-17)18-4-6-19(7-5-18)30(35)36/h3-8,10,12,17,21-22H,9,11,13-14H2,1-2H3/t17-,21-,22+/m0/s1. The lowest BCUT2D eigenvalue weighted by Gasteiger charge is -2.19. The van der Waals surface area contributed by atoms with Crippen LogP contribution in [0.2, 0.25) is 0 Å². The molecule has 2 heterocycles. The van der Waals surface area contributed by atoms with Crippen LogP contribution < -0.4 is 14.5 Å². The molecule has 3 amide bonds. The van der Waals surface area contributed by atoms with Crippen LogP contribution in [0, 0.1) is 34.8 Å². The van der Waals surface area contributed by atoms with Gasteiger partial charge in [-0.2, -0.15) is 0 Å². The van der Waals surface area contributed by atoms with Crippen molar-refractivity contribution in [1.82, 2.24) is 0 Å². The molecule has 5 rings (SSSR count). The summed E-state index contributed by atoms with van der Waals surface area (Å²) >= 11 is 0. The summed E-state index contributed by atoms with van der Waals surface area (Å²) in [5, 5.41) is 10.9. The van der Waals surface area contributed by atoms with Crippen LogP contribution >= 0.6 is 0 Å². The Hall–Kier alpha value is -4.34. The fourth-order valence-electron chi connectivity index (χ4n) is 5.29. The molecule has 0 bridgehead atoms. The molecule has 3 aliphatic rings. The van der Waals surface area contributed by atoms with Crippen LogP contribution in [0.15, 0.2) is 54.1 Å². The van der Waals surface area contributed by atoms with E-state index >= 15 is 0 Å². The lowest BCUT2D eigenvalue weighted by atomic mass is 9.82. The van der Waals surface area contributed by atoms with Crippen molar-refractivity contribution in [3.05, 3.63) is 69.8 Å². The number of hydrogen-bond acceptors (Lipinski definition) is 7. The number of amides is 3. The van der Waals surface area contributed by atoms with Gasteiger partial charge >= 0.3 is 5.97 Å². The van der Waals surface area contributed by atoms with Gasteiger partial charge in [-0.05, 0) is 62.6 Å². The highest BCUT2D eigenvalue weighted by Crippen LogP contribution is 2.41. The van der Waals surface area contributed by atoms with Crippen LogP contribution in [0.4, 0.5) is 17.1 Å². The quantitative estimate of drug-likeness (QED) is 0.152. The number of imide groups is 1. The van der Waals surface area contributed by atoms with E-state index in [-0.39, 0.29) is 54.0 Å². The molecule has 190 valence electrons. The summed E-state index contributed by atoms with van der Waals surface area (Å²) in [6.07, 6.45) is 3.11. The second-order valence-electron chi connectivity index (χ2n) is 9.76. The Balaban J connectivity index is 1.26. The molecule has 2 aliphatic heterocycles. The summed E-state index contributed by atoms with van der Waals surface area (Å²) in [6, 6.07) is 10.3. The van der Waals surface area contributed by atoms with Gasteiger partial charge in [-0.15, -0.1) is 0 Å². The Morgan fingerprint density at radius 3 is 2.38 bits per heavy atom. The van der Waals surface area contributed by atoms with Crippen LogP contribution in [0.3, 0.4) is 0 Å². The third-order valence-electron chi connectivity index (χ3n) is 7.28. The van der Waals surface area contributed by atoms with Gasteiger partial charge in [-0.3, -0.25) is 29.3 Å². The minimum Gasteiger partial charge on any atom is -0.426 e. The van der Waals surface area contributed by atoms with Crippen molar-refractivity contribution >= 4 is 40.8 Å². The first kappa shape index (κ1) is 24.4. The van der Waals surface area contributed by atoms with E-state index in [9.17, 15) is 29.3 Å². The van der Waals surface area contributed by atoms with Gasteiger partial charge in [-0.1, -0.05) is 11.6 Å². The highest BCUT2D eigenvalue weighted by Gasteiger charge is 2.49. The number of non-ortho nitro benzene ring substituents is 1. The van der Waals surface area contributed by atoms with Crippen LogP contribution in [-0.2, 0) is 19.2 Å². The van der Waals surface area contributed by atoms with E-state index in [0.717, 1.165) is 5.57 Å². The van der Waals surface area contributed by atoms with Crippen molar-refractivity contribution in [3.8, 4) is 5.75 Å². The van der Waals surface area contributed by atoms with Crippen LogP contribution in [0.1, 0.15) is 31.7 Å². The fraction of sp³-hybridized carbons (Fsp3) is 0.333. The first-order chi connectivity index (χ1) is 17.6. The largest absolute Gasteiger partial charge is 0.426 e. The third kappa shape index (κ3) is 4.39. The predicted octanol–water partition coefficient (Wildman–Crippen LogP) is 3.71. The van der Waals surface area contributed by atoms with Gasteiger partial charge in [0.15, 0.2) is 0 Å². The van der Waals surface area contributed by atoms with Crippen molar-refractivity contribution < 1.29 is 28.8 Å². The summed E-state index contributed by atoms with van der Waals surface area (Å²) in [7, 11) is 0. The van der Waals surface area contributed by atoms with Gasteiger partial charge in [0.1, 0.15) is 5.75 Å². The number of anilines is 2. The maximum absolute atomic E-state index is 13.0. The molecule has 10 nitrogen and oxygen atoms in total. The fourth-order valence-corrected chi connectivity index (χ4v) is 5.29. The molecule has 10 heteroatoms. The lowest BCUT2D eigenvalue weighted by molar-refractivity contribution is -0.384. The topological polar surface area (TPSA) is 127 Å². The summed E-state index contributed by atoms with van der Waals surface area (Å²) in [6.45, 7) is 3.81. The van der Waals surface area contributed by atoms with Gasteiger partial charge in [0, 0.05) is 30.8 Å². The first-order valence-electron chi connectivity index (χ1n) is 12.0. The zero-order valence-electron chi connectivity index (χ0n) is 20.4. The second-order valence-corrected chi connectivity index (χ2v) is 9.76. The number of aryl methyl sites for hydroxylation is 1. The minimum atomic E-state index is -0.705. The Bertz CT molecular complexity index is 1360. The smallest absolute Gasteiger partial charge is 0.316 e. The number of fused-ring (bicyclic) bond motifs is 1. The SMILES string of the molecule is CC1=CC[C@@H]2C(=O)N(c3ccc(OC(=O)[C@H]4CC(=O)N(c5ccc([N+](=O)[O-])cc5)C4)cc3C)C(=O)[C@@H]2C1. The average molecular weight is 504 g/mol. The molecular weight excluding hydrogens is 478 g/mol. The number of ether oxygens (including phenoxy) is 1. The van der Waals surface area contributed by atoms with Crippen molar-refractivity contribution in [2.24, 2.45) is 17.8 Å². The van der Waals surface area contributed by atoms with Crippen molar-refractivity contribution in [2.75, 3.05) is 16.3 Å². The molecule has 0 saturated carbocycles. The molecule has 3 atom stereocenters. The molecule has 2 aromatic carbocycles. The normalized spacial score (nSPS) is 23.2. The molecule has 1 aliphatic carbocycles. The van der Waals surface area contributed by atoms with Gasteiger partial charge in [0.05, 0.1) is 28.4 Å². The van der Waals surface area contributed by atoms with Crippen LogP contribution in [0.25, 0.3) is 0 Å². The van der Waals surface area contributed by atoms with Crippen LogP contribution in [-0.4, -0.2) is 35.2 Å². The number of carbonyl (C=O) groups is 4. The maximum atomic E-state index is 13.0. The number of rotatable bonds is 5. The van der Waals surface area contributed by atoms with Crippen molar-refractivity contribution in [1.29, 1.82) is 0 Å². The molecule has 0 unspecified atom stereocenters. The van der Waals surface area contributed by atoms with E-state index in [1.807, 2.05) is 13.0 Å². The Morgan fingerprint density at radius 2 is 1.70 bits per heavy atom. The molecule has 0 N–H and O–H groups in total. The van der Waals surface area contributed by atoms with Crippen LogP contribution in [0.5, 0.6) is 5.75 Å². The second kappa shape index (κ2) is 9.27. The zero-order valence-corrected chi connectivity index (χ0v) is 20.4. The molecule has 2 fully saturated rings. The molecular formula is C27H25N3O7. The molecule has 0 aromatic heterocycles. The number of nitrogens with zero attached hydrogens (tertiary/aromatic N) is 3. The highest BCUT2D eigenvalue weighted by molar-refractivity contribution is 6.22. The number of carbonyl (C=O) groups excluding carboxylic acids is 4. The Kier molecular flexibility index (Phi) is 6.10. The van der Waals surface area contributed by atoms with Gasteiger partial charge in [0.25, 0.3) is 5.69 Å². The molecule has 37 heavy (non-hydrogen) atoms. The molecule has 2 saturated heterocycles. The predicted molar refractivity (Wildman–Crippen MR) is 133 cm³/mol. The Morgan fingerprint density at radius 1 is 1.00 bits per heavy atom. The molecule has 2 aromatic rings.